The number of rotatable bonds is 6. The van der Waals surface area contributed by atoms with Crippen LogP contribution in [0.4, 0.5) is 4.79 Å². The molecule has 0 radical (unpaired) electrons. The molecule has 0 bridgehead atoms. The Morgan fingerprint density at radius 1 is 1.32 bits per heavy atom. The van der Waals surface area contributed by atoms with Crippen molar-refractivity contribution in [2.24, 2.45) is 0 Å². The molecule has 118 valence electrons. The highest BCUT2D eigenvalue weighted by Gasteiger charge is 2.27. The monoisotopic (exact) mass is 303 g/mol. The first-order valence-corrected chi connectivity index (χ1v) is 7.77. The number of amides is 3. The van der Waals surface area contributed by atoms with E-state index in [9.17, 15) is 9.59 Å². The molecule has 1 unspecified atom stereocenters. The van der Waals surface area contributed by atoms with Crippen LogP contribution in [-0.4, -0.2) is 49.1 Å². The predicted octanol–water partition coefficient (Wildman–Crippen LogP) is 0.912. The van der Waals surface area contributed by atoms with Crippen LogP contribution in [0.1, 0.15) is 18.4 Å². The zero-order valence-electron chi connectivity index (χ0n) is 12.5. The molecule has 0 spiro atoms. The lowest BCUT2D eigenvalue weighted by Crippen LogP contribution is -2.37. The number of urea groups is 1. The fourth-order valence-electron chi connectivity index (χ4n) is 2.83. The Balaban J connectivity index is 1.34. The van der Waals surface area contributed by atoms with Crippen LogP contribution in [-0.2, 0) is 11.2 Å². The lowest BCUT2D eigenvalue weighted by Gasteiger charge is -2.26. The predicted molar refractivity (Wildman–Crippen MR) is 81.8 cm³/mol. The van der Waals surface area contributed by atoms with Crippen LogP contribution >= 0.6 is 0 Å². The van der Waals surface area contributed by atoms with E-state index in [-0.39, 0.29) is 24.6 Å². The number of hydrogen-bond acceptors (Lipinski definition) is 4. The molecule has 22 heavy (non-hydrogen) atoms. The molecular weight excluding hydrogens is 282 g/mol. The molecule has 2 N–H and O–H groups in total. The molecular formula is C16H21N3O3. The number of aryl methyl sites for hydroxylation is 1. The lowest BCUT2D eigenvalue weighted by atomic mass is 10.0. The second kappa shape index (κ2) is 6.79. The van der Waals surface area contributed by atoms with Crippen molar-refractivity contribution in [2.75, 3.05) is 26.2 Å². The van der Waals surface area contributed by atoms with E-state index < -0.39 is 0 Å². The SMILES string of the molecule is O=C1CNC(=O)N1CCCNCC1CCc2ccccc2O1. The van der Waals surface area contributed by atoms with Crippen molar-refractivity contribution in [2.45, 2.75) is 25.4 Å². The molecule has 1 aromatic carbocycles. The number of ether oxygens (including phenoxy) is 1. The number of hydrogen-bond donors (Lipinski definition) is 2. The Labute approximate surface area is 129 Å². The summed E-state index contributed by atoms with van der Waals surface area (Å²) >= 11 is 0. The average molecular weight is 303 g/mol. The van der Waals surface area contributed by atoms with Crippen LogP contribution in [0.15, 0.2) is 24.3 Å². The highest BCUT2D eigenvalue weighted by atomic mass is 16.5. The van der Waals surface area contributed by atoms with Gasteiger partial charge in [-0.3, -0.25) is 9.69 Å². The molecule has 2 heterocycles. The van der Waals surface area contributed by atoms with Crippen molar-refractivity contribution >= 4 is 11.9 Å². The summed E-state index contributed by atoms with van der Waals surface area (Å²) in [5.41, 5.74) is 1.28. The van der Waals surface area contributed by atoms with Gasteiger partial charge in [-0.25, -0.2) is 4.79 Å². The smallest absolute Gasteiger partial charge is 0.324 e. The van der Waals surface area contributed by atoms with Gasteiger partial charge >= 0.3 is 6.03 Å². The van der Waals surface area contributed by atoms with Gasteiger partial charge in [-0.15, -0.1) is 0 Å². The van der Waals surface area contributed by atoms with E-state index in [4.69, 9.17) is 4.74 Å². The number of nitrogens with one attached hydrogen (secondary N) is 2. The van der Waals surface area contributed by atoms with Crippen molar-refractivity contribution in [1.29, 1.82) is 0 Å². The third-order valence-corrected chi connectivity index (χ3v) is 4.05. The van der Waals surface area contributed by atoms with E-state index in [1.165, 1.54) is 10.5 Å². The molecule has 2 aliphatic heterocycles. The molecule has 3 rings (SSSR count). The maximum atomic E-state index is 11.4. The summed E-state index contributed by atoms with van der Waals surface area (Å²) in [6.07, 6.45) is 3.00. The number of benzene rings is 1. The van der Waals surface area contributed by atoms with Crippen molar-refractivity contribution in [3.63, 3.8) is 0 Å². The molecule has 2 aliphatic rings. The zero-order valence-corrected chi connectivity index (χ0v) is 12.5. The minimum absolute atomic E-state index is 0.127. The zero-order chi connectivity index (χ0) is 15.4. The second-order valence-electron chi connectivity index (χ2n) is 5.65. The van der Waals surface area contributed by atoms with E-state index in [1.54, 1.807) is 0 Å². The Bertz CT molecular complexity index is 545. The molecule has 6 heteroatoms. The topological polar surface area (TPSA) is 70.7 Å². The first-order valence-electron chi connectivity index (χ1n) is 7.77. The molecule has 6 nitrogen and oxygen atoms in total. The lowest BCUT2D eigenvalue weighted by molar-refractivity contribution is -0.125. The first-order chi connectivity index (χ1) is 10.7. The highest BCUT2D eigenvalue weighted by Crippen LogP contribution is 2.26. The van der Waals surface area contributed by atoms with Gasteiger partial charge < -0.3 is 15.4 Å². The van der Waals surface area contributed by atoms with Gasteiger partial charge in [-0.1, -0.05) is 18.2 Å². The number of nitrogens with zero attached hydrogens (tertiary/aromatic N) is 1. The highest BCUT2D eigenvalue weighted by molar-refractivity contribution is 6.01. The van der Waals surface area contributed by atoms with Gasteiger partial charge in [0, 0.05) is 13.1 Å². The van der Waals surface area contributed by atoms with Crippen LogP contribution in [0.3, 0.4) is 0 Å². The molecule has 0 aromatic heterocycles. The quantitative estimate of drug-likeness (QED) is 0.605. The van der Waals surface area contributed by atoms with E-state index >= 15 is 0 Å². The van der Waals surface area contributed by atoms with Gasteiger partial charge in [0.1, 0.15) is 11.9 Å². The summed E-state index contributed by atoms with van der Waals surface area (Å²) < 4.78 is 5.95. The van der Waals surface area contributed by atoms with Gasteiger partial charge in [-0.2, -0.15) is 0 Å². The van der Waals surface area contributed by atoms with E-state index in [1.807, 2.05) is 18.2 Å². The van der Waals surface area contributed by atoms with Crippen molar-refractivity contribution in [3.8, 4) is 5.75 Å². The first kappa shape index (κ1) is 14.8. The third kappa shape index (κ3) is 3.39. The Kier molecular flexibility index (Phi) is 4.58. The molecule has 1 fully saturated rings. The summed E-state index contributed by atoms with van der Waals surface area (Å²) in [5, 5.41) is 5.86. The number of carbonyl (C=O) groups excluding carboxylic acids is 2. The maximum absolute atomic E-state index is 11.4. The van der Waals surface area contributed by atoms with E-state index in [0.29, 0.717) is 6.54 Å². The summed E-state index contributed by atoms with van der Waals surface area (Å²) in [6, 6.07) is 7.87. The minimum atomic E-state index is -0.280. The van der Waals surface area contributed by atoms with Crippen molar-refractivity contribution in [3.05, 3.63) is 29.8 Å². The Hall–Kier alpha value is -2.08. The van der Waals surface area contributed by atoms with Gasteiger partial charge in [0.25, 0.3) is 0 Å². The molecule has 3 amide bonds. The minimum Gasteiger partial charge on any atom is -0.489 e. The fraction of sp³-hybridized carbons (Fsp3) is 0.500. The van der Waals surface area contributed by atoms with Crippen LogP contribution in [0.25, 0.3) is 0 Å². The standard InChI is InChI=1S/C16H21N3O3/c20-15-11-18-16(21)19(15)9-3-8-17-10-13-7-6-12-4-1-2-5-14(12)22-13/h1-2,4-5,13,17H,3,6-11H2,(H,18,21). The fourth-order valence-corrected chi connectivity index (χ4v) is 2.83. The normalized spacial score (nSPS) is 20.5. The van der Waals surface area contributed by atoms with Crippen LogP contribution in [0.2, 0.25) is 0 Å². The van der Waals surface area contributed by atoms with Gasteiger partial charge in [0.2, 0.25) is 5.91 Å². The summed E-state index contributed by atoms with van der Waals surface area (Å²) in [4.78, 5) is 24.1. The van der Waals surface area contributed by atoms with E-state index in [2.05, 4.69) is 16.7 Å². The number of fused-ring (bicyclic) bond motifs is 1. The average Bonchev–Trinajstić information content (AvgIpc) is 2.86. The van der Waals surface area contributed by atoms with Crippen molar-refractivity contribution < 1.29 is 14.3 Å². The molecule has 1 saturated heterocycles. The van der Waals surface area contributed by atoms with E-state index in [0.717, 1.165) is 38.1 Å². The second-order valence-corrected chi connectivity index (χ2v) is 5.65. The van der Waals surface area contributed by atoms with Crippen molar-refractivity contribution in [1.82, 2.24) is 15.5 Å². The summed E-state index contributed by atoms with van der Waals surface area (Å²) in [6.45, 7) is 2.14. The van der Waals surface area contributed by atoms with Crippen LogP contribution < -0.4 is 15.4 Å². The summed E-state index contributed by atoms with van der Waals surface area (Å²) in [7, 11) is 0. The third-order valence-electron chi connectivity index (χ3n) is 4.05. The molecule has 0 aliphatic carbocycles. The largest absolute Gasteiger partial charge is 0.489 e. The Morgan fingerprint density at radius 2 is 2.18 bits per heavy atom. The van der Waals surface area contributed by atoms with Gasteiger partial charge in [-0.05, 0) is 37.4 Å². The molecule has 1 atom stereocenters. The molecule has 0 saturated carbocycles. The number of carbonyl (C=O) groups is 2. The van der Waals surface area contributed by atoms with Crippen LogP contribution in [0.5, 0.6) is 5.75 Å². The molecule has 1 aromatic rings. The Morgan fingerprint density at radius 3 is 3.00 bits per heavy atom. The van der Waals surface area contributed by atoms with Crippen LogP contribution in [0, 0.1) is 0 Å². The van der Waals surface area contributed by atoms with Gasteiger partial charge in [0.05, 0.1) is 6.54 Å². The summed E-state index contributed by atoms with van der Waals surface area (Å²) in [5.74, 6) is 0.845. The maximum Gasteiger partial charge on any atom is 0.324 e. The number of imide groups is 1. The number of para-hydroxylation sites is 1. The van der Waals surface area contributed by atoms with Gasteiger partial charge in [0.15, 0.2) is 0 Å².